The van der Waals surface area contributed by atoms with Crippen LogP contribution in [0.5, 0.6) is 17.2 Å². The van der Waals surface area contributed by atoms with Gasteiger partial charge in [0.15, 0.2) is 16.9 Å². The molecule has 8 heteroatoms. The van der Waals surface area contributed by atoms with E-state index in [1.54, 1.807) is 54.5 Å². The van der Waals surface area contributed by atoms with E-state index in [4.69, 9.17) is 30.2 Å². The second kappa shape index (κ2) is 10.2. The zero-order valence-corrected chi connectivity index (χ0v) is 21.5. The highest BCUT2D eigenvalue weighted by Crippen LogP contribution is 2.43. The molecule has 0 bridgehead atoms. The summed E-state index contributed by atoms with van der Waals surface area (Å²) in [5.41, 5.74) is 1.52. The van der Waals surface area contributed by atoms with E-state index in [0.29, 0.717) is 57.7 Å². The van der Waals surface area contributed by atoms with E-state index in [2.05, 4.69) is 0 Å². The lowest BCUT2D eigenvalue weighted by Crippen LogP contribution is -2.29. The third-order valence-corrected chi connectivity index (χ3v) is 6.46. The van der Waals surface area contributed by atoms with E-state index in [-0.39, 0.29) is 16.8 Å². The number of methoxy groups -OCH3 is 1. The molecule has 1 aromatic heterocycles. The fourth-order valence-corrected chi connectivity index (χ4v) is 4.74. The third kappa shape index (κ3) is 4.40. The number of hydrogen-bond donors (Lipinski definition) is 0. The van der Waals surface area contributed by atoms with Gasteiger partial charge in [0.25, 0.3) is 5.91 Å². The molecule has 1 unspecified atom stereocenters. The Morgan fingerprint density at radius 2 is 1.73 bits per heavy atom. The highest BCUT2D eigenvalue weighted by atomic mass is 35.5. The first-order chi connectivity index (χ1) is 18.0. The normalized spacial score (nSPS) is 14.6. The Hall–Kier alpha value is -3.97. The summed E-state index contributed by atoms with van der Waals surface area (Å²) in [6.07, 6.45) is 0.847. The molecule has 0 spiro atoms. The van der Waals surface area contributed by atoms with Gasteiger partial charge in [-0.2, -0.15) is 0 Å². The van der Waals surface area contributed by atoms with E-state index in [0.717, 1.165) is 6.42 Å². The lowest BCUT2D eigenvalue weighted by Gasteiger charge is -2.26. The number of carbonyl (C=O) groups is 1. The Morgan fingerprint density at radius 3 is 2.43 bits per heavy atom. The first-order valence-electron chi connectivity index (χ1n) is 12.1. The van der Waals surface area contributed by atoms with Crippen molar-refractivity contribution in [2.24, 2.45) is 0 Å². The summed E-state index contributed by atoms with van der Waals surface area (Å²) in [7, 11) is 1.57. The molecule has 2 heterocycles. The summed E-state index contributed by atoms with van der Waals surface area (Å²) in [6.45, 7) is 4.88. The van der Waals surface area contributed by atoms with Crippen LogP contribution in [-0.2, 0) is 0 Å². The van der Waals surface area contributed by atoms with Gasteiger partial charge in [0, 0.05) is 10.7 Å². The van der Waals surface area contributed by atoms with E-state index in [1.807, 2.05) is 32.0 Å². The number of hydrogen-bond acceptors (Lipinski definition) is 6. The number of carbonyl (C=O) groups excluding carboxylic acids is 1. The monoisotopic (exact) mass is 519 g/mol. The zero-order chi connectivity index (χ0) is 26.1. The van der Waals surface area contributed by atoms with Crippen LogP contribution in [0.25, 0.3) is 11.0 Å². The molecule has 190 valence electrons. The minimum atomic E-state index is -0.755. The summed E-state index contributed by atoms with van der Waals surface area (Å²) >= 11 is 6.19. The molecule has 0 saturated carbocycles. The number of ether oxygens (including phenoxy) is 3. The minimum absolute atomic E-state index is 0.00455. The Morgan fingerprint density at radius 1 is 0.946 bits per heavy atom. The molecule has 5 rings (SSSR count). The Kier molecular flexibility index (Phi) is 6.80. The molecule has 0 aliphatic carbocycles. The number of halogens is 1. The second-order valence-electron chi connectivity index (χ2n) is 8.58. The van der Waals surface area contributed by atoms with Crippen molar-refractivity contribution in [2.75, 3.05) is 25.2 Å². The number of nitrogens with zero attached hydrogens (tertiary/aromatic N) is 1. The van der Waals surface area contributed by atoms with Crippen LogP contribution in [0.15, 0.2) is 69.9 Å². The third-order valence-electron chi connectivity index (χ3n) is 6.23. The second-order valence-corrected chi connectivity index (χ2v) is 9.01. The van der Waals surface area contributed by atoms with Crippen LogP contribution in [0.2, 0.25) is 5.02 Å². The fourth-order valence-electron chi connectivity index (χ4n) is 4.56. The van der Waals surface area contributed by atoms with Crippen LogP contribution in [0.3, 0.4) is 0 Å². The van der Waals surface area contributed by atoms with Crippen LogP contribution in [0, 0.1) is 0 Å². The fraction of sp³-hybridized carbons (Fsp3) is 0.241. The van der Waals surface area contributed by atoms with Crippen molar-refractivity contribution in [1.82, 2.24) is 0 Å². The maximum atomic E-state index is 13.8. The molecule has 7 nitrogen and oxygen atoms in total. The van der Waals surface area contributed by atoms with Crippen LogP contribution >= 0.6 is 11.6 Å². The average Bonchev–Trinajstić information content (AvgIpc) is 3.21. The SMILES string of the molecule is CCCOc1ccc(C2c3c(oc4ccc(Cl)cc4c3=O)C(=O)N2c2ccc(OC)cc2)cc1OCC. The number of rotatable bonds is 8. The Labute approximate surface area is 219 Å². The molecule has 3 aromatic carbocycles. The zero-order valence-electron chi connectivity index (χ0n) is 20.7. The van der Waals surface area contributed by atoms with Gasteiger partial charge < -0.3 is 18.6 Å². The number of benzene rings is 3. The molecular weight excluding hydrogens is 494 g/mol. The first-order valence-corrected chi connectivity index (χ1v) is 12.5. The van der Waals surface area contributed by atoms with Gasteiger partial charge >= 0.3 is 0 Å². The smallest absolute Gasteiger partial charge is 0.295 e. The lowest BCUT2D eigenvalue weighted by molar-refractivity contribution is 0.0971. The van der Waals surface area contributed by atoms with Crippen LogP contribution < -0.4 is 24.5 Å². The summed E-state index contributed by atoms with van der Waals surface area (Å²) in [6, 6.07) is 16.6. The van der Waals surface area contributed by atoms with Crippen molar-refractivity contribution >= 4 is 34.2 Å². The quantitative estimate of drug-likeness (QED) is 0.268. The van der Waals surface area contributed by atoms with E-state index in [9.17, 15) is 9.59 Å². The molecule has 37 heavy (non-hydrogen) atoms. The molecule has 0 fully saturated rings. The van der Waals surface area contributed by atoms with Gasteiger partial charge in [-0.3, -0.25) is 14.5 Å². The van der Waals surface area contributed by atoms with Crippen molar-refractivity contribution in [3.05, 3.63) is 92.8 Å². The minimum Gasteiger partial charge on any atom is -0.497 e. The van der Waals surface area contributed by atoms with E-state index < -0.39 is 11.9 Å². The van der Waals surface area contributed by atoms with Gasteiger partial charge in [-0.05, 0) is 73.5 Å². The predicted octanol–water partition coefficient (Wildman–Crippen LogP) is 6.39. The van der Waals surface area contributed by atoms with Crippen LogP contribution in [0.4, 0.5) is 5.69 Å². The molecule has 1 aliphatic heterocycles. The van der Waals surface area contributed by atoms with Crippen molar-refractivity contribution in [3.8, 4) is 17.2 Å². The van der Waals surface area contributed by atoms with Crippen LogP contribution in [0.1, 0.15) is 48.0 Å². The lowest BCUT2D eigenvalue weighted by atomic mass is 9.97. The van der Waals surface area contributed by atoms with Gasteiger partial charge in [-0.15, -0.1) is 0 Å². The van der Waals surface area contributed by atoms with Gasteiger partial charge in [0.05, 0.1) is 37.3 Å². The highest BCUT2D eigenvalue weighted by molar-refractivity contribution is 6.31. The van der Waals surface area contributed by atoms with Crippen molar-refractivity contribution < 1.29 is 23.4 Å². The number of amides is 1. The molecular formula is C29H26ClNO6. The van der Waals surface area contributed by atoms with Gasteiger partial charge in [-0.25, -0.2) is 0 Å². The Bertz CT molecular complexity index is 1530. The van der Waals surface area contributed by atoms with Gasteiger partial charge in [-0.1, -0.05) is 24.6 Å². The number of fused-ring (bicyclic) bond motifs is 2. The molecule has 0 N–H and O–H groups in total. The topological polar surface area (TPSA) is 78.2 Å². The summed E-state index contributed by atoms with van der Waals surface area (Å²) in [4.78, 5) is 29.2. The molecule has 1 aliphatic rings. The molecule has 0 saturated heterocycles. The first kappa shape index (κ1) is 24.7. The van der Waals surface area contributed by atoms with Crippen molar-refractivity contribution in [1.29, 1.82) is 0 Å². The molecule has 1 atom stereocenters. The molecule has 0 radical (unpaired) electrons. The van der Waals surface area contributed by atoms with Gasteiger partial charge in [0.1, 0.15) is 11.3 Å². The van der Waals surface area contributed by atoms with E-state index >= 15 is 0 Å². The maximum Gasteiger partial charge on any atom is 0.295 e. The standard InChI is InChI=1S/C29H26ClNO6/c1-4-14-36-23-12-6-17(15-24(23)35-5-2)26-25-27(32)21-16-18(30)7-13-22(21)37-28(25)29(33)31(26)19-8-10-20(34-3)11-9-19/h6-13,15-16,26H,4-5,14H2,1-3H3. The summed E-state index contributed by atoms with van der Waals surface area (Å²) < 4.78 is 23.0. The number of anilines is 1. The Balaban J connectivity index is 1.74. The summed E-state index contributed by atoms with van der Waals surface area (Å²) in [5, 5.41) is 0.720. The van der Waals surface area contributed by atoms with E-state index in [1.165, 1.54) is 0 Å². The molecule has 1 amide bonds. The maximum absolute atomic E-state index is 13.8. The summed E-state index contributed by atoms with van der Waals surface area (Å²) in [5.74, 6) is 1.38. The van der Waals surface area contributed by atoms with Crippen molar-refractivity contribution in [3.63, 3.8) is 0 Å². The van der Waals surface area contributed by atoms with Crippen LogP contribution in [-0.4, -0.2) is 26.2 Å². The largest absolute Gasteiger partial charge is 0.497 e. The molecule has 4 aromatic rings. The highest BCUT2D eigenvalue weighted by Gasteiger charge is 2.44. The predicted molar refractivity (Wildman–Crippen MR) is 143 cm³/mol. The van der Waals surface area contributed by atoms with Crippen molar-refractivity contribution in [2.45, 2.75) is 26.3 Å². The van der Waals surface area contributed by atoms with Gasteiger partial charge in [0.2, 0.25) is 5.76 Å². The average molecular weight is 520 g/mol.